The number of fused-ring (bicyclic) bond motifs is 1. The fourth-order valence-corrected chi connectivity index (χ4v) is 4.59. The summed E-state index contributed by atoms with van der Waals surface area (Å²) in [5.41, 5.74) is 2.06. The van der Waals surface area contributed by atoms with Gasteiger partial charge in [-0.1, -0.05) is 47.9 Å². The third kappa shape index (κ3) is 4.29. The molecular weight excluding hydrogens is 416 g/mol. The lowest BCUT2D eigenvalue weighted by molar-refractivity contribution is -0.113. The molecule has 4 heterocycles. The first-order chi connectivity index (χ1) is 13.7. The molecule has 0 spiro atoms. The van der Waals surface area contributed by atoms with E-state index in [-0.39, 0.29) is 11.7 Å². The fraction of sp³-hybridized carbons (Fsp3) is 0.188. The van der Waals surface area contributed by atoms with E-state index in [2.05, 4.69) is 35.8 Å². The highest BCUT2D eigenvalue weighted by molar-refractivity contribution is 8.01. The smallest absolute Gasteiger partial charge is 0.236 e. The van der Waals surface area contributed by atoms with E-state index >= 15 is 0 Å². The Morgan fingerprint density at radius 3 is 2.86 bits per heavy atom. The molecule has 0 atom stereocenters. The van der Waals surface area contributed by atoms with Gasteiger partial charge in [-0.15, -0.1) is 20.4 Å². The predicted octanol–water partition coefficient (Wildman–Crippen LogP) is 2.88. The van der Waals surface area contributed by atoms with Gasteiger partial charge >= 0.3 is 0 Å². The number of aromatic nitrogens is 7. The van der Waals surface area contributed by atoms with E-state index in [1.54, 1.807) is 22.5 Å². The molecular formula is C16H14N8OS3. The van der Waals surface area contributed by atoms with E-state index < -0.39 is 0 Å². The van der Waals surface area contributed by atoms with Crippen LogP contribution in [0.15, 0.2) is 46.0 Å². The third-order valence-electron chi connectivity index (χ3n) is 3.41. The Balaban J connectivity index is 1.44. The maximum Gasteiger partial charge on any atom is 0.236 e. The standard InChI is InChI=1S/C16H14N8OS3/c1-2-26-16-22-20-14(28-16)18-13(25)9-27-15-21-19-12-7-6-11(23-24(12)15)10-5-3-4-8-17-10/h3-8H,2,9H2,1H3,(H,18,20,25). The van der Waals surface area contributed by atoms with E-state index in [4.69, 9.17) is 0 Å². The Morgan fingerprint density at radius 2 is 2.04 bits per heavy atom. The van der Waals surface area contributed by atoms with E-state index in [9.17, 15) is 4.79 Å². The lowest BCUT2D eigenvalue weighted by Crippen LogP contribution is -2.14. The molecule has 1 amide bonds. The summed E-state index contributed by atoms with van der Waals surface area (Å²) in [7, 11) is 0. The molecule has 12 heteroatoms. The molecule has 1 N–H and O–H groups in total. The van der Waals surface area contributed by atoms with Gasteiger partial charge in [-0.05, 0) is 30.0 Å². The van der Waals surface area contributed by atoms with Gasteiger partial charge in [0.05, 0.1) is 11.4 Å². The van der Waals surface area contributed by atoms with Crippen molar-refractivity contribution in [2.75, 3.05) is 16.8 Å². The lowest BCUT2D eigenvalue weighted by atomic mass is 10.2. The Morgan fingerprint density at radius 1 is 1.11 bits per heavy atom. The maximum absolute atomic E-state index is 12.2. The van der Waals surface area contributed by atoms with Gasteiger partial charge in [0.1, 0.15) is 5.69 Å². The van der Waals surface area contributed by atoms with Crippen LogP contribution in [-0.4, -0.2) is 52.4 Å². The first-order valence-corrected chi connectivity index (χ1v) is 11.0. The largest absolute Gasteiger partial charge is 0.300 e. The van der Waals surface area contributed by atoms with Gasteiger partial charge in [-0.2, -0.15) is 9.61 Å². The van der Waals surface area contributed by atoms with Crippen molar-refractivity contribution < 1.29 is 4.79 Å². The zero-order valence-electron chi connectivity index (χ0n) is 14.6. The SMILES string of the molecule is CCSc1nnc(NC(=O)CSc2nnc3ccc(-c4ccccn4)nn23)s1. The Kier molecular flexibility index (Phi) is 5.78. The molecule has 0 fully saturated rings. The Labute approximate surface area is 172 Å². The van der Waals surface area contributed by atoms with Crippen molar-refractivity contribution in [1.82, 2.24) is 35.0 Å². The van der Waals surface area contributed by atoms with Crippen molar-refractivity contribution in [3.05, 3.63) is 36.5 Å². The first-order valence-electron chi connectivity index (χ1n) is 8.26. The number of pyridine rings is 1. The molecule has 4 rings (SSSR count). The van der Waals surface area contributed by atoms with Gasteiger partial charge in [0.25, 0.3) is 0 Å². The maximum atomic E-state index is 12.2. The summed E-state index contributed by atoms with van der Waals surface area (Å²) >= 11 is 4.20. The molecule has 4 aromatic heterocycles. The number of rotatable bonds is 7. The predicted molar refractivity (Wildman–Crippen MR) is 110 cm³/mol. The van der Waals surface area contributed by atoms with Gasteiger partial charge in [0.15, 0.2) is 9.99 Å². The summed E-state index contributed by atoms with van der Waals surface area (Å²) in [6, 6.07) is 9.30. The van der Waals surface area contributed by atoms with Crippen LogP contribution < -0.4 is 5.32 Å². The molecule has 9 nitrogen and oxygen atoms in total. The number of amides is 1. The highest BCUT2D eigenvalue weighted by Crippen LogP contribution is 2.25. The van der Waals surface area contributed by atoms with E-state index in [1.165, 1.54) is 23.1 Å². The molecule has 4 aromatic rings. The summed E-state index contributed by atoms with van der Waals surface area (Å²) in [5.74, 6) is 0.879. The lowest BCUT2D eigenvalue weighted by Gasteiger charge is -2.02. The van der Waals surface area contributed by atoms with Crippen LogP contribution in [0, 0.1) is 0 Å². The normalized spacial score (nSPS) is 11.0. The van der Waals surface area contributed by atoms with Crippen LogP contribution in [0.2, 0.25) is 0 Å². The van der Waals surface area contributed by atoms with Gasteiger partial charge in [-0.25, -0.2) is 0 Å². The quantitative estimate of drug-likeness (QED) is 0.349. The number of hydrogen-bond acceptors (Lipinski definition) is 10. The van der Waals surface area contributed by atoms with Gasteiger partial charge in [-0.3, -0.25) is 15.1 Å². The molecule has 0 saturated carbocycles. The molecule has 0 radical (unpaired) electrons. The average Bonchev–Trinajstić information content (AvgIpc) is 3.33. The van der Waals surface area contributed by atoms with Crippen LogP contribution in [-0.2, 0) is 4.79 Å². The second-order valence-electron chi connectivity index (χ2n) is 5.33. The molecule has 0 bridgehead atoms. The topological polar surface area (TPSA) is 111 Å². The summed E-state index contributed by atoms with van der Waals surface area (Å²) in [4.78, 5) is 16.5. The van der Waals surface area contributed by atoms with Crippen molar-refractivity contribution in [3.8, 4) is 11.4 Å². The number of thioether (sulfide) groups is 2. The van der Waals surface area contributed by atoms with Crippen LogP contribution in [0.1, 0.15) is 6.92 Å². The zero-order valence-corrected chi connectivity index (χ0v) is 17.1. The van der Waals surface area contributed by atoms with E-state index in [0.717, 1.165) is 15.8 Å². The van der Waals surface area contributed by atoms with Crippen molar-refractivity contribution in [2.24, 2.45) is 0 Å². The van der Waals surface area contributed by atoms with E-state index in [0.29, 0.717) is 21.6 Å². The molecule has 28 heavy (non-hydrogen) atoms. The minimum atomic E-state index is -0.188. The third-order valence-corrected chi connectivity index (χ3v) is 6.19. The molecule has 0 aromatic carbocycles. The molecule has 0 unspecified atom stereocenters. The average molecular weight is 431 g/mol. The second kappa shape index (κ2) is 8.63. The summed E-state index contributed by atoms with van der Waals surface area (Å²) < 4.78 is 2.45. The van der Waals surface area contributed by atoms with Crippen LogP contribution in [0.5, 0.6) is 0 Å². The number of nitrogens with zero attached hydrogens (tertiary/aromatic N) is 7. The van der Waals surface area contributed by atoms with Crippen molar-refractivity contribution in [1.29, 1.82) is 0 Å². The summed E-state index contributed by atoms with van der Waals surface area (Å²) in [6.07, 6.45) is 1.71. The van der Waals surface area contributed by atoms with Gasteiger partial charge in [0, 0.05) is 6.20 Å². The fourth-order valence-electron chi connectivity index (χ4n) is 2.24. The zero-order chi connectivity index (χ0) is 19.3. The Hall–Kier alpha value is -2.57. The number of carbonyl (C=O) groups excluding carboxylic acids is 1. The molecule has 0 aliphatic rings. The van der Waals surface area contributed by atoms with Crippen LogP contribution in [0.4, 0.5) is 5.13 Å². The second-order valence-corrected chi connectivity index (χ2v) is 8.76. The van der Waals surface area contributed by atoms with Gasteiger partial charge < -0.3 is 0 Å². The molecule has 142 valence electrons. The molecule has 0 aliphatic carbocycles. The summed E-state index contributed by atoms with van der Waals surface area (Å²) in [5, 5.41) is 24.5. The number of hydrogen-bond donors (Lipinski definition) is 1. The van der Waals surface area contributed by atoms with Crippen LogP contribution in [0.25, 0.3) is 17.0 Å². The molecule has 0 saturated heterocycles. The highest BCUT2D eigenvalue weighted by atomic mass is 32.2. The monoisotopic (exact) mass is 430 g/mol. The van der Waals surface area contributed by atoms with E-state index in [1.807, 2.05) is 37.3 Å². The van der Waals surface area contributed by atoms with Gasteiger partial charge in [0.2, 0.25) is 16.2 Å². The number of anilines is 1. The van der Waals surface area contributed by atoms with Crippen molar-refractivity contribution >= 4 is 51.5 Å². The summed E-state index contributed by atoms with van der Waals surface area (Å²) in [6.45, 7) is 2.04. The Bertz CT molecular complexity index is 1100. The highest BCUT2D eigenvalue weighted by Gasteiger charge is 2.13. The minimum absolute atomic E-state index is 0.159. The van der Waals surface area contributed by atoms with Crippen molar-refractivity contribution in [2.45, 2.75) is 16.4 Å². The minimum Gasteiger partial charge on any atom is -0.300 e. The van der Waals surface area contributed by atoms with Crippen molar-refractivity contribution in [3.63, 3.8) is 0 Å². The van der Waals surface area contributed by atoms with Crippen LogP contribution >= 0.6 is 34.9 Å². The number of nitrogens with one attached hydrogen (secondary N) is 1. The first kappa shape index (κ1) is 18.8. The van der Waals surface area contributed by atoms with Crippen LogP contribution in [0.3, 0.4) is 0 Å². The number of carbonyl (C=O) groups is 1. The molecule has 0 aliphatic heterocycles.